The average Bonchev–Trinajstić information content (AvgIpc) is 2.62. The molecule has 5 nitrogen and oxygen atoms in total. The van der Waals surface area contributed by atoms with Crippen LogP contribution in [0.1, 0.15) is 25.5 Å². The Morgan fingerprint density at radius 1 is 1.23 bits per heavy atom. The van der Waals surface area contributed by atoms with E-state index in [0.29, 0.717) is 11.7 Å². The number of esters is 1. The molecule has 26 heavy (non-hydrogen) atoms. The summed E-state index contributed by atoms with van der Waals surface area (Å²) in [6.45, 7) is 4.02. The average molecular weight is 368 g/mol. The van der Waals surface area contributed by atoms with Gasteiger partial charge in [-0.1, -0.05) is 36.4 Å². The second-order valence-electron chi connectivity index (χ2n) is 6.52. The van der Waals surface area contributed by atoms with E-state index in [1.165, 1.54) is 0 Å². The number of carbonyl (C=O) groups excluding carboxylic acids is 1. The number of anilines is 1. The van der Waals surface area contributed by atoms with E-state index in [1.807, 2.05) is 66.4 Å². The third-order valence-corrected chi connectivity index (χ3v) is 5.26. The lowest BCUT2D eigenvalue weighted by atomic mass is 9.79. The number of fused-ring (bicyclic) bond motifs is 4. The fourth-order valence-corrected chi connectivity index (χ4v) is 4.30. The largest absolute Gasteiger partial charge is 0.466 e. The third-order valence-electron chi connectivity index (χ3n) is 4.96. The Morgan fingerprint density at radius 2 is 1.92 bits per heavy atom. The number of ether oxygens (including phenoxy) is 2. The van der Waals surface area contributed by atoms with Gasteiger partial charge in [0.2, 0.25) is 5.72 Å². The van der Waals surface area contributed by atoms with Gasteiger partial charge in [0.05, 0.1) is 12.6 Å². The van der Waals surface area contributed by atoms with Crippen molar-refractivity contribution in [1.29, 1.82) is 0 Å². The smallest absolute Gasteiger partial charge is 0.317 e. The van der Waals surface area contributed by atoms with Crippen LogP contribution in [0.4, 0.5) is 5.69 Å². The van der Waals surface area contributed by atoms with Gasteiger partial charge in [0, 0.05) is 11.3 Å². The summed E-state index contributed by atoms with van der Waals surface area (Å²) >= 11 is 5.65. The standard InChI is InChI=1S/C20H20N2O3S/c1-3-24-18(23)16-17-14-11-7-8-12-15(14)25-20(16,2)22(19(26)21-17)13-9-5-4-6-10-13/h4-12,16-17H,3H2,1-2H3,(H,21,26)/t16?,17?,20-/m0/s1. The van der Waals surface area contributed by atoms with E-state index in [0.717, 1.165) is 17.0 Å². The molecule has 1 fully saturated rings. The van der Waals surface area contributed by atoms with Crippen LogP contribution in [-0.4, -0.2) is 23.4 Å². The van der Waals surface area contributed by atoms with Crippen LogP contribution < -0.4 is 15.0 Å². The van der Waals surface area contributed by atoms with Gasteiger partial charge in [-0.15, -0.1) is 0 Å². The molecule has 134 valence electrons. The fraction of sp³-hybridized carbons (Fsp3) is 0.300. The molecule has 0 amide bonds. The number of hydrogen-bond donors (Lipinski definition) is 1. The maximum Gasteiger partial charge on any atom is 0.317 e. The van der Waals surface area contributed by atoms with Crippen molar-refractivity contribution in [2.75, 3.05) is 11.5 Å². The van der Waals surface area contributed by atoms with Crippen molar-refractivity contribution in [3.63, 3.8) is 0 Å². The molecule has 0 radical (unpaired) electrons. The Labute approximate surface area is 157 Å². The lowest BCUT2D eigenvalue weighted by Gasteiger charge is -2.55. The van der Waals surface area contributed by atoms with Crippen LogP contribution >= 0.6 is 12.2 Å². The van der Waals surface area contributed by atoms with E-state index in [-0.39, 0.29) is 12.0 Å². The molecule has 2 aliphatic rings. The maximum absolute atomic E-state index is 12.9. The Hall–Kier alpha value is -2.60. The topological polar surface area (TPSA) is 50.8 Å². The normalized spacial score (nSPS) is 26.4. The Kier molecular flexibility index (Phi) is 4.07. The summed E-state index contributed by atoms with van der Waals surface area (Å²) in [5.74, 6) is -0.119. The van der Waals surface area contributed by atoms with E-state index >= 15 is 0 Å². The predicted molar refractivity (Wildman–Crippen MR) is 103 cm³/mol. The van der Waals surface area contributed by atoms with Gasteiger partial charge in [-0.2, -0.15) is 0 Å². The van der Waals surface area contributed by atoms with Crippen LogP contribution in [0.15, 0.2) is 54.6 Å². The quantitative estimate of drug-likeness (QED) is 0.662. The first-order valence-corrected chi connectivity index (χ1v) is 9.07. The second kappa shape index (κ2) is 6.29. The van der Waals surface area contributed by atoms with Crippen LogP contribution in [0.5, 0.6) is 5.75 Å². The Balaban J connectivity index is 1.89. The van der Waals surface area contributed by atoms with Crippen LogP contribution in [0.2, 0.25) is 0 Å². The van der Waals surface area contributed by atoms with E-state index in [2.05, 4.69) is 5.32 Å². The zero-order valence-electron chi connectivity index (χ0n) is 14.6. The SMILES string of the molecule is CCOC(=O)C1C2NC(=S)N(c3ccccc3)[C@@]1(C)Oc1ccccc12. The molecule has 2 bridgehead atoms. The molecular weight excluding hydrogens is 348 g/mol. The highest BCUT2D eigenvalue weighted by molar-refractivity contribution is 7.80. The summed E-state index contributed by atoms with van der Waals surface area (Å²) in [4.78, 5) is 14.8. The molecule has 2 aliphatic heterocycles. The molecule has 3 atom stereocenters. The van der Waals surface area contributed by atoms with E-state index in [4.69, 9.17) is 21.7 Å². The highest BCUT2D eigenvalue weighted by Crippen LogP contribution is 2.49. The summed E-state index contributed by atoms with van der Waals surface area (Å²) in [5.41, 5.74) is 0.785. The number of benzene rings is 2. The van der Waals surface area contributed by atoms with Crippen molar-refractivity contribution >= 4 is 29.0 Å². The van der Waals surface area contributed by atoms with Gasteiger partial charge in [0.25, 0.3) is 0 Å². The first kappa shape index (κ1) is 16.8. The van der Waals surface area contributed by atoms with Crippen molar-refractivity contribution in [3.8, 4) is 5.75 Å². The van der Waals surface area contributed by atoms with Crippen LogP contribution in [0.25, 0.3) is 0 Å². The second-order valence-corrected chi connectivity index (χ2v) is 6.91. The zero-order valence-corrected chi connectivity index (χ0v) is 15.5. The highest BCUT2D eigenvalue weighted by Gasteiger charge is 2.59. The number of nitrogens with one attached hydrogen (secondary N) is 1. The number of carbonyl (C=O) groups is 1. The highest BCUT2D eigenvalue weighted by atomic mass is 32.1. The number of para-hydroxylation sites is 2. The number of hydrogen-bond acceptors (Lipinski definition) is 4. The minimum Gasteiger partial charge on any atom is -0.466 e. The zero-order chi connectivity index (χ0) is 18.3. The molecule has 2 aromatic carbocycles. The van der Waals surface area contributed by atoms with Gasteiger partial charge < -0.3 is 14.8 Å². The van der Waals surface area contributed by atoms with Gasteiger partial charge in [-0.3, -0.25) is 9.69 Å². The molecule has 0 aromatic heterocycles. The molecule has 2 aromatic rings. The predicted octanol–water partition coefficient (Wildman–Crippen LogP) is 3.41. The molecule has 1 N–H and O–H groups in total. The van der Waals surface area contributed by atoms with Crippen molar-refractivity contribution in [1.82, 2.24) is 5.32 Å². The van der Waals surface area contributed by atoms with Gasteiger partial charge in [0.15, 0.2) is 5.11 Å². The molecule has 0 spiro atoms. The number of rotatable bonds is 3. The first-order chi connectivity index (χ1) is 12.6. The van der Waals surface area contributed by atoms with Crippen LogP contribution in [0, 0.1) is 5.92 Å². The minimum absolute atomic E-state index is 0.295. The number of nitrogens with zero attached hydrogens (tertiary/aromatic N) is 1. The molecule has 2 heterocycles. The monoisotopic (exact) mass is 368 g/mol. The van der Waals surface area contributed by atoms with Gasteiger partial charge in [0.1, 0.15) is 11.7 Å². The van der Waals surface area contributed by atoms with Crippen molar-refractivity contribution in [3.05, 3.63) is 60.2 Å². The van der Waals surface area contributed by atoms with Crippen LogP contribution in [-0.2, 0) is 9.53 Å². The maximum atomic E-state index is 12.9. The molecule has 4 rings (SSSR count). The summed E-state index contributed by atoms with van der Waals surface area (Å²) in [5, 5.41) is 3.87. The van der Waals surface area contributed by atoms with E-state index < -0.39 is 11.6 Å². The summed E-state index contributed by atoms with van der Waals surface area (Å²) in [7, 11) is 0. The number of thiocarbonyl (C=S) groups is 1. The van der Waals surface area contributed by atoms with E-state index in [9.17, 15) is 4.79 Å². The Morgan fingerprint density at radius 3 is 2.65 bits per heavy atom. The lowest BCUT2D eigenvalue weighted by molar-refractivity contribution is -0.159. The first-order valence-electron chi connectivity index (χ1n) is 8.66. The van der Waals surface area contributed by atoms with Gasteiger partial charge >= 0.3 is 5.97 Å². The molecule has 1 saturated heterocycles. The molecule has 2 unspecified atom stereocenters. The summed E-state index contributed by atoms with van der Waals surface area (Å²) in [6, 6.07) is 17.1. The van der Waals surface area contributed by atoms with Gasteiger partial charge in [-0.05, 0) is 44.3 Å². The summed E-state index contributed by atoms with van der Waals surface area (Å²) in [6.07, 6.45) is 0. The van der Waals surface area contributed by atoms with Crippen molar-refractivity contribution in [2.45, 2.75) is 25.6 Å². The third kappa shape index (κ3) is 2.44. The van der Waals surface area contributed by atoms with Gasteiger partial charge in [-0.25, -0.2) is 0 Å². The molecule has 6 heteroatoms. The van der Waals surface area contributed by atoms with Crippen molar-refractivity contribution in [2.24, 2.45) is 5.92 Å². The minimum atomic E-state index is -0.991. The Bertz CT molecular complexity index is 857. The summed E-state index contributed by atoms with van der Waals surface area (Å²) < 4.78 is 11.8. The van der Waals surface area contributed by atoms with Crippen molar-refractivity contribution < 1.29 is 14.3 Å². The van der Waals surface area contributed by atoms with Crippen LogP contribution in [0.3, 0.4) is 0 Å². The fourth-order valence-electron chi connectivity index (χ4n) is 3.89. The molecular formula is C20H20N2O3S. The lowest BCUT2D eigenvalue weighted by Crippen LogP contribution is -2.71. The molecule has 0 saturated carbocycles. The molecule has 0 aliphatic carbocycles. The van der Waals surface area contributed by atoms with E-state index in [1.54, 1.807) is 6.92 Å².